The average molecular weight is 172 g/mol. The van der Waals surface area contributed by atoms with Crippen molar-refractivity contribution in [2.24, 2.45) is 0 Å². The zero-order valence-electron chi connectivity index (χ0n) is 6.77. The van der Waals surface area contributed by atoms with Crippen LogP contribution in [0, 0.1) is 29.6 Å². The van der Waals surface area contributed by atoms with Crippen LogP contribution in [0.15, 0.2) is 0 Å². The van der Waals surface area contributed by atoms with E-state index in [1.165, 1.54) is 0 Å². The van der Waals surface area contributed by atoms with Crippen molar-refractivity contribution in [3.05, 3.63) is 22.8 Å². The van der Waals surface area contributed by atoms with Crippen LogP contribution in [0.25, 0.3) is 0 Å². The van der Waals surface area contributed by atoms with Crippen LogP contribution in [-0.2, 0) is 0 Å². The number of aromatic nitrogens is 2. The Morgan fingerprint density at radius 1 is 1.23 bits per heavy atom. The highest BCUT2D eigenvalue weighted by Crippen LogP contribution is 2.04. The van der Waals surface area contributed by atoms with E-state index >= 15 is 0 Å². The molecular weight excluding hydrogens is 168 g/mol. The van der Waals surface area contributed by atoms with Gasteiger partial charge in [0.25, 0.3) is 0 Å². The summed E-state index contributed by atoms with van der Waals surface area (Å²) in [5.41, 5.74) is 0.280. The maximum Gasteiger partial charge on any atom is 0.177 e. The molecule has 1 aromatic heterocycles. The van der Waals surface area contributed by atoms with Crippen LogP contribution in [0.2, 0.25) is 0 Å². The topological polar surface area (TPSA) is 90.4 Å². The third-order valence-corrected chi connectivity index (χ3v) is 1.43. The Morgan fingerprint density at radius 2 is 1.77 bits per heavy atom. The fourth-order valence-electron chi connectivity index (χ4n) is 0.800. The largest absolute Gasteiger partial charge is 0.296 e. The maximum atomic E-state index is 10.4. The Morgan fingerprint density at radius 3 is 2.23 bits per heavy atom. The van der Waals surface area contributed by atoms with Crippen LogP contribution < -0.4 is 0 Å². The minimum absolute atomic E-state index is 0.0504. The van der Waals surface area contributed by atoms with Gasteiger partial charge in [-0.1, -0.05) is 0 Å². The molecule has 0 bridgehead atoms. The summed E-state index contributed by atoms with van der Waals surface area (Å²) in [6.07, 6.45) is 0.504. The molecule has 5 nitrogen and oxygen atoms in total. The van der Waals surface area contributed by atoms with E-state index < -0.39 is 0 Å². The molecule has 0 radical (unpaired) electrons. The van der Waals surface area contributed by atoms with E-state index in [0.29, 0.717) is 12.0 Å². The predicted molar refractivity (Wildman–Crippen MR) is 41.6 cm³/mol. The van der Waals surface area contributed by atoms with Crippen molar-refractivity contribution in [3.63, 3.8) is 0 Å². The molecule has 0 N–H and O–H groups in total. The molecule has 0 atom stereocenters. The van der Waals surface area contributed by atoms with Gasteiger partial charge in [0.05, 0.1) is 5.69 Å². The molecule has 0 fully saturated rings. The van der Waals surface area contributed by atoms with Gasteiger partial charge in [-0.15, -0.1) is 0 Å². The Labute approximate surface area is 74.3 Å². The first-order chi connectivity index (χ1) is 6.22. The van der Waals surface area contributed by atoms with Crippen LogP contribution in [0.4, 0.5) is 0 Å². The number of nitriles is 2. The summed E-state index contributed by atoms with van der Waals surface area (Å²) in [5, 5.41) is 17.1. The van der Waals surface area contributed by atoms with Crippen molar-refractivity contribution in [3.8, 4) is 12.1 Å². The van der Waals surface area contributed by atoms with Crippen LogP contribution in [0.1, 0.15) is 27.6 Å². The molecule has 0 aromatic carbocycles. The second-order valence-electron chi connectivity index (χ2n) is 2.23. The fraction of sp³-hybridized carbons (Fsp3) is 0.125. The van der Waals surface area contributed by atoms with E-state index in [9.17, 15) is 4.79 Å². The van der Waals surface area contributed by atoms with Crippen molar-refractivity contribution in [2.45, 2.75) is 6.92 Å². The van der Waals surface area contributed by atoms with Gasteiger partial charge >= 0.3 is 0 Å². The normalized spacial score (nSPS) is 8.54. The lowest BCUT2D eigenvalue weighted by molar-refractivity contribution is 0.111. The van der Waals surface area contributed by atoms with Gasteiger partial charge < -0.3 is 0 Å². The Kier molecular flexibility index (Phi) is 2.32. The SMILES string of the molecule is Cc1nc(C#N)c(C#N)nc1C=O. The highest BCUT2D eigenvalue weighted by Gasteiger charge is 2.09. The van der Waals surface area contributed by atoms with E-state index in [4.69, 9.17) is 10.5 Å². The molecular formula is C8H4N4O. The molecule has 0 spiro atoms. The van der Waals surface area contributed by atoms with Crippen molar-refractivity contribution in [2.75, 3.05) is 0 Å². The van der Waals surface area contributed by atoms with Gasteiger partial charge in [0.2, 0.25) is 0 Å². The number of rotatable bonds is 1. The number of aryl methyl sites for hydroxylation is 1. The molecule has 0 amide bonds. The molecule has 0 saturated heterocycles. The van der Waals surface area contributed by atoms with Gasteiger partial charge in [-0.3, -0.25) is 4.79 Å². The van der Waals surface area contributed by atoms with Gasteiger partial charge in [0.1, 0.15) is 17.8 Å². The summed E-state index contributed by atoms with van der Waals surface area (Å²) in [5.74, 6) is 0. The van der Waals surface area contributed by atoms with Crippen LogP contribution in [0.5, 0.6) is 0 Å². The third-order valence-electron chi connectivity index (χ3n) is 1.43. The number of hydrogen-bond acceptors (Lipinski definition) is 5. The lowest BCUT2D eigenvalue weighted by atomic mass is 10.3. The second kappa shape index (κ2) is 3.42. The van der Waals surface area contributed by atoms with Crippen LogP contribution in [-0.4, -0.2) is 16.3 Å². The van der Waals surface area contributed by atoms with Gasteiger partial charge in [0, 0.05) is 0 Å². The summed E-state index contributed by atoms with van der Waals surface area (Å²) in [7, 11) is 0. The molecule has 0 aliphatic heterocycles. The van der Waals surface area contributed by atoms with E-state index in [0.717, 1.165) is 0 Å². The number of nitrogens with zero attached hydrogens (tertiary/aromatic N) is 4. The molecule has 1 aromatic rings. The maximum absolute atomic E-state index is 10.4. The van der Waals surface area contributed by atoms with Gasteiger partial charge in [-0.05, 0) is 6.92 Å². The zero-order valence-corrected chi connectivity index (χ0v) is 6.77. The number of carbonyl (C=O) groups excluding carboxylic acids is 1. The third kappa shape index (κ3) is 1.49. The van der Waals surface area contributed by atoms with Gasteiger partial charge in [-0.2, -0.15) is 10.5 Å². The Balaban J connectivity index is 3.48. The van der Waals surface area contributed by atoms with E-state index in [2.05, 4.69) is 9.97 Å². The van der Waals surface area contributed by atoms with Crippen molar-refractivity contribution in [1.82, 2.24) is 9.97 Å². The van der Waals surface area contributed by atoms with E-state index in [1.54, 1.807) is 19.1 Å². The van der Waals surface area contributed by atoms with Crippen molar-refractivity contribution < 1.29 is 4.79 Å². The Hall–Kier alpha value is -2.27. The Bertz CT molecular complexity index is 439. The molecule has 0 unspecified atom stereocenters. The molecule has 0 saturated carbocycles. The summed E-state index contributed by atoms with van der Waals surface area (Å²) < 4.78 is 0. The smallest absolute Gasteiger partial charge is 0.177 e. The average Bonchev–Trinajstić information content (AvgIpc) is 2.17. The molecule has 62 valence electrons. The fourth-order valence-corrected chi connectivity index (χ4v) is 0.800. The summed E-state index contributed by atoms with van der Waals surface area (Å²) >= 11 is 0. The lowest BCUT2D eigenvalue weighted by Crippen LogP contribution is -2.02. The highest BCUT2D eigenvalue weighted by molar-refractivity contribution is 5.73. The standard InChI is InChI=1S/C8H4N4O/c1-5-8(4-13)12-7(3-10)6(2-9)11-5/h4H,1H3. The molecule has 1 heterocycles. The first-order valence-corrected chi connectivity index (χ1v) is 3.37. The van der Waals surface area contributed by atoms with Crippen molar-refractivity contribution in [1.29, 1.82) is 10.5 Å². The zero-order chi connectivity index (χ0) is 9.84. The summed E-state index contributed by atoms with van der Waals surface area (Å²) in [6.45, 7) is 1.55. The summed E-state index contributed by atoms with van der Waals surface area (Å²) in [4.78, 5) is 17.8. The number of carbonyl (C=O) groups is 1. The molecule has 0 aliphatic carbocycles. The highest BCUT2D eigenvalue weighted by atomic mass is 16.1. The first kappa shape index (κ1) is 8.82. The molecule has 13 heavy (non-hydrogen) atoms. The van der Waals surface area contributed by atoms with Crippen LogP contribution in [0.3, 0.4) is 0 Å². The number of aldehydes is 1. The van der Waals surface area contributed by atoms with E-state index in [-0.39, 0.29) is 17.1 Å². The van der Waals surface area contributed by atoms with E-state index in [1.807, 2.05) is 0 Å². The first-order valence-electron chi connectivity index (χ1n) is 3.37. The summed E-state index contributed by atoms with van der Waals surface area (Å²) in [6, 6.07) is 3.42. The van der Waals surface area contributed by atoms with Gasteiger partial charge in [-0.25, -0.2) is 9.97 Å². The quantitative estimate of drug-likeness (QED) is 0.569. The van der Waals surface area contributed by atoms with Crippen LogP contribution >= 0.6 is 0 Å². The predicted octanol–water partition coefficient (Wildman–Crippen LogP) is 0.341. The molecule has 0 aliphatic rings. The molecule has 1 rings (SSSR count). The second-order valence-corrected chi connectivity index (χ2v) is 2.23. The number of hydrogen-bond donors (Lipinski definition) is 0. The molecule has 5 heteroatoms. The van der Waals surface area contributed by atoms with Gasteiger partial charge in [0.15, 0.2) is 17.7 Å². The van der Waals surface area contributed by atoms with Crippen molar-refractivity contribution >= 4 is 6.29 Å². The monoisotopic (exact) mass is 172 g/mol. The lowest BCUT2D eigenvalue weighted by Gasteiger charge is -1.97. The minimum atomic E-state index is -0.116. The minimum Gasteiger partial charge on any atom is -0.296 e.